The molecule has 28 heavy (non-hydrogen) atoms. The van der Waals surface area contributed by atoms with Crippen LogP contribution >= 0.6 is 0 Å². The monoisotopic (exact) mass is 393 g/mol. The molecular formula is C21H26F3N3O. The van der Waals surface area contributed by atoms with Gasteiger partial charge >= 0.3 is 6.18 Å². The van der Waals surface area contributed by atoms with E-state index in [1.165, 1.54) is 6.20 Å². The second-order valence-electron chi connectivity index (χ2n) is 8.33. The Kier molecular flexibility index (Phi) is 4.68. The first kappa shape index (κ1) is 19.3. The molecule has 3 fully saturated rings. The van der Waals surface area contributed by atoms with Gasteiger partial charge in [0.25, 0.3) is 0 Å². The molecule has 0 aromatic carbocycles. The van der Waals surface area contributed by atoms with E-state index < -0.39 is 23.7 Å². The van der Waals surface area contributed by atoms with Gasteiger partial charge in [-0.1, -0.05) is 13.0 Å². The molecule has 1 aliphatic heterocycles. The van der Waals surface area contributed by atoms with E-state index in [9.17, 15) is 18.3 Å². The number of aromatic nitrogens is 1. The van der Waals surface area contributed by atoms with Gasteiger partial charge in [0.05, 0.1) is 11.7 Å². The van der Waals surface area contributed by atoms with Crippen LogP contribution in [0.25, 0.3) is 5.57 Å². The first-order valence-electron chi connectivity index (χ1n) is 9.95. The van der Waals surface area contributed by atoms with Crippen molar-refractivity contribution in [3.05, 3.63) is 41.4 Å². The van der Waals surface area contributed by atoms with Crippen LogP contribution in [0.15, 0.2) is 30.2 Å². The zero-order valence-electron chi connectivity index (χ0n) is 16.0. The maximum atomic E-state index is 13.3. The number of nitrogens with two attached hydrogens (primary N) is 1. The molecule has 0 spiro atoms. The van der Waals surface area contributed by atoms with Crippen molar-refractivity contribution in [2.45, 2.75) is 69.7 Å². The molecule has 3 saturated carbocycles. The molecule has 1 atom stereocenters. The number of nitrogen functional groups attached to an aromatic ring is 1. The molecule has 2 bridgehead atoms. The highest BCUT2D eigenvalue weighted by Crippen LogP contribution is 2.62. The topological polar surface area (TPSA) is 62.4 Å². The highest BCUT2D eigenvalue weighted by molar-refractivity contribution is 5.67. The lowest BCUT2D eigenvalue weighted by Crippen LogP contribution is -2.67. The third-order valence-corrected chi connectivity index (χ3v) is 6.41. The van der Waals surface area contributed by atoms with Gasteiger partial charge in [-0.05, 0) is 68.1 Å². The number of allylic oxidation sites excluding steroid dienone is 2. The van der Waals surface area contributed by atoms with Gasteiger partial charge in [-0.2, -0.15) is 13.2 Å². The van der Waals surface area contributed by atoms with E-state index in [4.69, 9.17) is 5.73 Å². The van der Waals surface area contributed by atoms with Crippen molar-refractivity contribution in [3.8, 4) is 0 Å². The summed E-state index contributed by atoms with van der Waals surface area (Å²) >= 11 is 0. The summed E-state index contributed by atoms with van der Waals surface area (Å²) in [4.78, 5) is 5.98. The van der Waals surface area contributed by atoms with Crippen LogP contribution in [0.3, 0.4) is 0 Å². The molecule has 4 aliphatic rings. The lowest BCUT2D eigenvalue weighted by atomic mass is 9.49. The molecular weight excluding hydrogens is 367 g/mol. The van der Waals surface area contributed by atoms with E-state index in [0.29, 0.717) is 18.4 Å². The molecule has 4 nitrogen and oxygen atoms in total. The Balaban J connectivity index is 1.76. The maximum Gasteiger partial charge on any atom is 0.419 e. The minimum absolute atomic E-state index is 0.0172. The molecule has 0 saturated heterocycles. The van der Waals surface area contributed by atoms with Crippen LogP contribution in [0.2, 0.25) is 0 Å². The number of aliphatic hydroxyl groups is 1. The Morgan fingerprint density at radius 1 is 1.36 bits per heavy atom. The summed E-state index contributed by atoms with van der Waals surface area (Å²) in [5.74, 6) is 0.248. The zero-order valence-corrected chi connectivity index (χ0v) is 16.0. The quantitative estimate of drug-likeness (QED) is 0.777. The number of hydrogen-bond acceptors (Lipinski definition) is 4. The van der Waals surface area contributed by atoms with Crippen LogP contribution in [-0.4, -0.2) is 26.6 Å². The second-order valence-corrected chi connectivity index (χ2v) is 8.33. The van der Waals surface area contributed by atoms with Crippen LogP contribution < -0.4 is 5.73 Å². The van der Waals surface area contributed by atoms with E-state index in [0.717, 1.165) is 55.4 Å². The summed E-state index contributed by atoms with van der Waals surface area (Å²) in [6.07, 6.45) is 6.49. The molecule has 3 N–H and O–H groups in total. The number of rotatable bonds is 4. The number of nitrogens with zero attached hydrogens (tertiary/aromatic N) is 2. The van der Waals surface area contributed by atoms with Crippen LogP contribution in [-0.2, 0) is 6.18 Å². The minimum atomic E-state index is -4.54. The van der Waals surface area contributed by atoms with Gasteiger partial charge in [-0.3, -0.25) is 0 Å². The van der Waals surface area contributed by atoms with Crippen LogP contribution in [0.5, 0.6) is 0 Å². The molecule has 3 aliphatic carbocycles. The zero-order chi connectivity index (χ0) is 20.1. The fourth-order valence-corrected chi connectivity index (χ4v) is 4.68. The fourth-order valence-electron chi connectivity index (χ4n) is 4.68. The van der Waals surface area contributed by atoms with Crippen molar-refractivity contribution in [1.82, 2.24) is 9.88 Å². The summed E-state index contributed by atoms with van der Waals surface area (Å²) in [6.45, 7) is 1.94. The number of hydrogen-bond donors (Lipinski definition) is 2. The third-order valence-electron chi connectivity index (χ3n) is 6.41. The van der Waals surface area contributed by atoms with Gasteiger partial charge in [0, 0.05) is 23.6 Å². The number of anilines is 1. The van der Waals surface area contributed by atoms with Gasteiger partial charge in [0.2, 0.25) is 0 Å². The van der Waals surface area contributed by atoms with E-state index >= 15 is 0 Å². The third kappa shape index (κ3) is 3.19. The van der Waals surface area contributed by atoms with E-state index in [2.05, 4.69) is 16.0 Å². The average Bonchev–Trinajstić information content (AvgIpc) is 2.53. The molecule has 152 valence electrons. The van der Waals surface area contributed by atoms with Crippen molar-refractivity contribution in [2.75, 3.05) is 5.73 Å². The Bertz CT molecular complexity index is 814. The van der Waals surface area contributed by atoms with Crippen molar-refractivity contribution < 1.29 is 18.3 Å². The van der Waals surface area contributed by atoms with Gasteiger partial charge in [-0.15, -0.1) is 0 Å². The number of pyridine rings is 1. The number of aliphatic hydroxyl groups excluding tert-OH is 1. The molecule has 0 amide bonds. The van der Waals surface area contributed by atoms with Crippen LogP contribution in [0.4, 0.5) is 19.0 Å². The lowest BCUT2D eigenvalue weighted by molar-refractivity contribution is -0.137. The Morgan fingerprint density at radius 3 is 2.64 bits per heavy atom. The molecule has 1 unspecified atom stereocenters. The standard InChI is InChI=1S/C21H26F3N3O/c1-2-18(28)17-6-4-3-5-14(12-27(17)20-8-13(9-20)10-20)15-7-16(21(22,23)24)19(25)26-11-15/h6-7,11-13,18,28H,2-5,8-10H2,1H3,(H2,25,26)/b14-12+,17-6-. The Morgan fingerprint density at radius 2 is 2.07 bits per heavy atom. The van der Waals surface area contributed by atoms with Crippen LogP contribution in [0, 0.1) is 5.92 Å². The first-order valence-corrected chi connectivity index (χ1v) is 9.95. The average molecular weight is 393 g/mol. The SMILES string of the molecule is CCC(O)/C1=C/CCC/C(c2cnc(N)c(C(F)(F)F)c2)=C\N1C12CC(C1)C2. The lowest BCUT2D eigenvalue weighted by Gasteiger charge is -2.67. The van der Waals surface area contributed by atoms with Crippen molar-refractivity contribution in [3.63, 3.8) is 0 Å². The molecule has 2 heterocycles. The first-order chi connectivity index (χ1) is 13.2. The van der Waals surface area contributed by atoms with Crippen molar-refractivity contribution in [2.24, 2.45) is 5.92 Å². The minimum Gasteiger partial charge on any atom is -0.387 e. The highest BCUT2D eigenvalue weighted by atomic mass is 19.4. The van der Waals surface area contributed by atoms with Crippen molar-refractivity contribution in [1.29, 1.82) is 0 Å². The predicted octanol–water partition coefficient (Wildman–Crippen LogP) is 4.72. The second kappa shape index (κ2) is 6.79. The molecule has 0 radical (unpaired) electrons. The summed E-state index contributed by atoms with van der Waals surface area (Å²) in [5.41, 5.74) is 6.75. The largest absolute Gasteiger partial charge is 0.419 e. The summed E-state index contributed by atoms with van der Waals surface area (Å²) < 4.78 is 39.9. The smallest absolute Gasteiger partial charge is 0.387 e. The van der Waals surface area contributed by atoms with E-state index in [1.807, 2.05) is 13.1 Å². The normalized spacial score (nSPS) is 32.0. The van der Waals surface area contributed by atoms with E-state index in [-0.39, 0.29) is 5.54 Å². The fraction of sp³-hybridized carbons (Fsp3) is 0.571. The summed E-state index contributed by atoms with van der Waals surface area (Å²) in [7, 11) is 0. The molecule has 1 aromatic heterocycles. The van der Waals surface area contributed by atoms with Gasteiger partial charge in [0.15, 0.2) is 0 Å². The summed E-state index contributed by atoms with van der Waals surface area (Å²) in [5, 5.41) is 10.6. The molecule has 5 rings (SSSR count). The Labute approximate surface area is 162 Å². The number of alkyl halides is 3. The molecule has 1 aromatic rings. The van der Waals surface area contributed by atoms with Gasteiger partial charge < -0.3 is 15.7 Å². The molecule has 7 heteroatoms. The maximum absolute atomic E-state index is 13.3. The summed E-state index contributed by atoms with van der Waals surface area (Å²) in [6, 6.07) is 1.11. The number of halogens is 3. The van der Waals surface area contributed by atoms with Gasteiger partial charge in [-0.25, -0.2) is 4.98 Å². The Hall–Kier alpha value is -2.02. The van der Waals surface area contributed by atoms with E-state index in [1.54, 1.807) is 0 Å². The van der Waals surface area contributed by atoms with Crippen molar-refractivity contribution >= 4 is 11.4 Å². The highest BCUT2D eigenvalue weighted by Gasteiger charge is 2.60. The van der Waals surface area contributed by atoms with Gasteiger partial charge in [0.1, 0.15) is 5.82 Å². The van der Waals surface area contributed by atoms with Crippen LogP contribution in [0.1, 0.15) is 63.0 Å². The predicted molar refractivity (Wildman–Crippen MR) is 102 cm³/mol.